The fourth-order valence-electron chi connectivity index (χ4n) is 2.67. The molecule has 170 valence electrons. The molecule has 0 aliphatic heterocycles. The van der Waals surface area contributed by atoms with Gasteiger partial charge in [0.2, 0.25) is 15.9 Å². The monoisotopic (exact) mass is 490 g/mol. The van der Waals surface area contributed by atoms with Crippen molar-refractivity contribution in [1.29, 1.82) is 0 Å². The summed E-state index contributed by atoms with van der Waals surface area (Å²) in [5.41, 5.74) is 0.608. The zero-order valence-corrected chi connectivity index (χ0v) is 19.7. The number of nitrogens with one attached hydrogen (secondary N) is 1. The highest BCUT2D eigenvalue weighted by Gasteiger charge is 2.24. The van der Waals surface area contributed by atoms with Crippen molar-refractivity contribution in [3.05, 3.63) is 52.8 Å². The molecular weight excluding hydrogens is 467 g/mol. The topological polar surface area (TPSA) is 84.9 Å². The molecule has 0 radical (unpaired) electrons. The molecule has 0 bridgehead atoms. The first kappa shape index (κ1) is 25.1. The maximum absolute atomic E-state index is 13.8. The van der Waals surface area contributed by atoms with E-state index in [0.29, 0.717) is 27.8 Å². The van der Waals surface area contributed by atoms with E-state index in [9.17, 15) is 17.6 Å². The summed E-state index contributed by atoms with van der Waals surface area (Å²) in [6, 6.07) is 9.18. The van der Waals surface area contributed by atoms with Crippen molar-refractivity contribution in [1.82, 2.24) is 5.32 Å². The summed E-state index contributed by atoms with van der Waals surface area (Å²) < 4.78 is 49.8. The van der Waals surface area contributed by atoms with E-state index in [1.165, 1.54) is 44.2 Å². The lowest BCUT2D eigenvalue weighted by Gasteiger charge is -2.24. The van der Waals surface area contributed by atoms with Crippen LogP contribution in [0.3, 0.4) is 0 Å². The van der Waals surface area contributed by atoms with E-state index in [1.54, 1.807) is 18.2 Å². The van der Waals surface area contributed by atoms with Crippen LogP contribution in [-0.2, 0) is 20.6 Å². The normalized spacial score (nSPS) is 11.1. The zero-order chi connectivity index (χ0) is 23.0. The number of hydrogen-bond acceptors (Lipinski definition) is 6. The van der Waals surface area contributed by atoms with E-state index in [4.69, 9.17) is 21.1 Å². The number of nitrogens with zero attached hydrogens (tertiary/aromatic N) is 1. The van der Waals surface area contributed by atoms with Gasteiger partial charge in [0.1, 0.15) is 23.9 Å². The molecule has 0 spiro atoms. The average Bonchev–Trinajstić information content (AvgIpc) is 2.72. The predicted octanol–water partition coefficient (Wildman–Crippen LogP) is 3.31. The molecule has 0 atom stereocenters. The van der Waals surface area contributed by atoms with Crippen molar-refractivity contribution in [2.45, 2.75) is 5.75 Å². The Morgan fingerprint density at radius 3 is 2.58 bits per heavy atom. The number of hydrogen-bond donors (Lipinski definition) is 1. The Hall–Kier alpha value is -2.17. The molecule has 2 aromatic rings. The second kappa shape index (κ2) is 11.4. The van der Waals surface area contributed by atoms with Gasteiger partial charge < -0.3 is 14.8 Å². The summed E-state index contributed by atoms with van der Waals surface area (Å²) >= 11 is 7.39. The molecule has 0 aliphatic carbocycles. The summed E-state index contributed by atoms with van der Waals surface area (Å²) in [6.07, 6.45) is 1.01. The van der Waals surface area contributed by atoms with Gasteiger partial charge in [0.15, 0.2) is 0 Å². The fraction of sp³-hybridized carbons (Fsp3) is 0.350. The number of amides is 1. The van der Waals surface area contributed by atoms with Crippen LogP contribution in [0.25, 0.3) is 0 Å². The van der Waals surface area contributed by atoms with Gasteiger partial charge in [-0.1, -0.05) is 17.7 Å². The van der Waals surface area contributed by atoms with Crippen LogP contribution in [0.2, 0.25) is 5.02 Å². The number of halogens is 2. The van der Waals surface area contributed by atoms with Crippen molar-refractivity contribution >= 4 is 45.0 Å². The summed E-state index contributed by atoms with van der Waals surface area (Å²) in [4.78, 5) is 12.4. The van der Waals surface area contributed by atoms with Crippen LogP contribution >= 0.6 is 23.4 Å². The van der Waals surface area contributed by atoms with Gasteiger partial charge in [-0.25, -0.2) is 12.8 Å². The second-order valence-corrected chi connectivity index (χ2v) is 9.83. The first-order valence-corrected chi connectivity index (χ1v) is 12.5. The quantitative estimate of drug-likeness (QED) is 0.486. The SMILES string of the molecule is COc1ccc(OC)c(N(CC(=O)NCCSCc2c(F)cccc2Cl)S(C)(=O)=O)c1. The lowest BCUT2D eigenvalue weighted by Crippen LogP contribution is -2.41. The van der Waals surface area contributed by atoms with Crippen LogP contribution in [-0.4, -0.2) is 53.6 Å². The Balaban J connectivity index is 1.97. The predicted molar refractivity (Wildman–Crippen MR) is 122 cm³/mol. The highest BCUT2D eigenvalue weighted by atomic mass is 35.5. The lowest BCUT2D eigenvalue weighted by atomic mass is 10.2. The maximum atomic E-state index is 13.8. The van der Waals surface area contributed by atoms with Crippen LogP contribution in [0.1, 0.15) is 5.56 Å². The number of methoxy groups -OCH3 is 2. The van der Waals surface area contributed by atoms with Crippen LogP contribution in [0.4, 0.5) is 10.1 Å². The van der Waals surface area contributed by atoms with E-state index in [1.807, 2.05) is 0 Å². The smallest absolute Gasteiger partial charge is 0.240 e. The molecule has 1 amide bonds. The standard InChI is InChI=1S/C20H24ClFN2O5S2/c1-28-14-7-8-19(29-2)18(11-14)24(31(3,26)27)12-20(25)23-9-10-30-13-15-16(21)5-4-6-17(15)22/h4-8,11H,9-10,12-13H2,1-3H3,(H,23,25). The molecule has 11 heteroatoms. The molecule has 2 rings (SSSR count). The van der Waals surface area contributed by atoms with Gasteiger partial charge in [0, 0.05) is 34.7 Å². The highest BCUT2D eigenvalue weighted by Crippen LogP contribution is 2.33. The molecule has 2 aromatic carbocycles. The van der Waals surface area contributed by atoms with Gasteiger partial charge in [0.25, 0.3) is 0 Å². The fourth-order valence-corrected chi connectivity index (χ4v) is 4.72. The van der Waals surface area contributed by atoms with Crippen molar-refractivity contribution in [2.24, 2.45) is 0 Å². The molecule has 31 heavy (non-hydrogen) atoms. The largest absolute Gasteiger partial charge is 0.497 e. The van der Waals surface area contributed by atoms with Crippen molar-refractivity contribution in [3.63, 3.8) is 0 Å². The van der Waals surface area contributed by atoms with E-state index < -0.39 is 22.5 Å². The molecule has 0 fully saturated rings. The molecule has 0 aromatic heterocycles. The third kappa shape index (κ3) is 7.19. The van der Waals surface area contributed by atoms with Crippen molar-refractivity contribution in [2.75, 3.05) is 43.6 Å². The Bertz CT molecular complexity index is 1000. The third-order valence-electron chi connectivity index (χ3n) is 4.22. The van der Waals surface area contributed by atoms with Crippen LogP contribution in [0.5, 0.6) is 11.5 Å². The van der Waals surface area contributed by atoms with Crippen molar-refractivity contribution < 1.29 is 27.1 Å². The minimum Gasteiger partial charge on any atom is -0.497 e. The Morgan fingerprint density at radius 2 is 1.97 bits per heavy atom. The number of sulfonamides is 1. The van der Waals surface area contributed by atoms with Crippen molar-refractivity contribution in [3.8, 4) is 11.5 Å². The van der Waals surface area contributed by atoms with E-state index >= 15 is 0 Å². The molecule has 0 aliphatic rings. The van der Waals surface area contributed by atoms with Gasteiger partial charge in [-0.3, -0.25) is 9.10 Å². The van der Waals surface area contributed by atoms with Gasteiger partial charge in [-0.2, -0.15) is 11.8 Å². The minimum atomic E-state index is -3.78. The average molecular weight is 491 g/mol. The minimum absolute atomic E-state index is 0.197. The van der Waals surface area contributed by atoms with E-state index in [2.05, 4.69) is 5.32 Å². The summed E-state index contributed by atoms with van der Waals surface area (Å²) in [5, 5.41) is 3.03. The van der Waals surface area contributed by atoms with Crippen LogP contribution < -0.4 is 19.1 Å². The molecule has 7 nitrogen and oxygen atoms in total. The summed E-state index contributed by atoms with van der Waals surface area (Å²) in [5.74, 6) is 0.708. The molecule has 0 saturated carbocycles. The van der Waals surface area contributed by atoms with Crippen LogP contribution in [0.15, 0.2) is 36.4 Å². The lowest BCUT2D eigenvalue weighted by molar-refractivity contribution is -0.119. The highest BCUT2D eigenvalue weighted by molar-refractivity contribution is 7.98. The number of benzene rings is 2. The zero-order valence-electron chi connectivity index (χ0n) is 17.4. The first-order valence-electron chi connectivity index (χ1n) is 9.14. The third-order valence-corrected chi connectivity index (χ3v) is 6.69. The number of rotatable bonds is 11. The van der Waals surface area contributed by atoms with Crippen LogP contribution in [0, 0.1) is 5.82 Å². The molecule has 1 N–H and O–H groups in total. The Kier molecular flexibility index (Phi) is 9.27. The number of ether oxygens (including phenoxy) is 2. The van der Waals surface area contributed by atoms with Gasteiger partial charge >= 0.3 is 0 Å². The summed E-state index contributed by atoms with van der Waals surface area (Å²) in [6.45, 7) is -0.144. The molecule has 0 unspecified atom stereocenters. The number of carbonyl (C=O) groups excluding carboxylic acids is 1. The first-order chi connectivity index (χ1) is 14.7. The molecule has 0 heterocycles. The number of anilines is 1. The Morgan fingerprint density at radius 1 is 1.23 bits per heavy atom. The number of thioether (sulfide) groups is 1. The van der Waals surface area contributed by atoms with E-state index in [-0.39, 0.29) is 23.8 Å². The van der Waals surface area contributed by atoms with Gasteiger partial charge in [0.05, 0.1) is 26.2 Å². The van der Waals surface area contributed by atoms with Gasteiger partial charge in [-0.15, -0.1) is 0 Å². The maximum Gasteiger partial charge on any atom is 0.240 e. The Labute approximate surface area is 190 Å². The van der Waals surface area contributed by atoms with E-state index in [0.717, 1.165) is 10.6 Å². The summed E-state index contributed by atoms with van der Waals surface area (Å²) in [7, 11) is -0.915. The number of carbonyl (C=O) groups is 1. The molecular formula is C20H24ClFN2O5S2. The molecule has 0 saturated heterocycles. The second-order valence-electron chi connectivity index (χ2n) is 6.41. The van der Waals surface area contributed by atoms with Gasteiger partial charge in [-0.05, 0) is 24.3 Å².